The Labute approximate surface area is 282 Å². The van der Waals surface area contributed by atoms with Gasteiger partial charge < -0.3 is 19.3 Å². The van der Waals surface area contributed by atoms with Crippen LogP contribution in [-0.2, 0) is 9.47 Å². The van der Waals surface area contributed by atoms with Gasteiger partial charge in [0.2, 0.25) is 11.9 Å². The number of aromatic nitrogens is 5. The smallest absolute Gasteiger partial charge is 0.277 e. The van der Waals surface area contributed by atoms with Crippen LogP contribution < -0.4 is 20.9 Å². The van der Waals surface area contributed by atoms with Crippen LogP contribution in [0.4, 0.5) is 11.9 Å². The number of hydrogen-bond acceptors (Lipinski definition) is 11. The van der Waals surface area contributed by atoms with Gasteiger partial charge in [0.25, 0.3) is 11.1 Å². The Morgan fingerprint density at radius 3 is 1.38 bits per heavy atom. The van der Waals surface area contributed by atoms with E-state index in [9.17, 15) is 9.59 Å². The third kappa shape index (κ3) is 4.72. The Hall–Kier alpha value is -4.69. The maximum Gasteiger partial charge on any atom is 0.277 e. The zero-order valence-corrected chi connectivity index (χ0v) is 28.1. The van der Waals surface area contributed by atoms with Crippen LogP contribution in [-0.4, -0.2) is 76.7 Å². The number of benzene rings is 2. The fourth-order valence-electron chi connectivity index (χ4n) is 6.51. The normalized spacial score (nSPS) is 15.8. The minimum absolute atomic E-state index is 0.129. The molecule has 2 aliphatic heterocycles. The van der Waals surface area contributed by atoms with E-state index in [1.807, 2.05) is 68.4 Å². The van der Waals surface area contributed by atoms with Gasteiger partial charge in [0.05, 0.1) is 37.8 Å². The topological polar surface area (TPSA) is 108 Å². The van der Waals surface area contributed by atoms with Crippen molar-refractivity contribution in [1.29, 1.82) is 0 Å². The van der Waals surface area contributed by atoms with Crippen LogP contribution in [0, 0.1) is 13.8 Å². The van der Waals surface area contributed by atoms with E-state index in [1.54, 1.807) is 9.13 Å². The number of fused-ring (bicyclic) bond motifs is 6. The van der Waals surface area contributed by atoms with E-state index >= 15 is 0 Å². The molecule has 2 fully saturated rings. The maximum absolute atomic E-state index is 14.3. The summed E-state index contributed by atoms with van der Waals surface area (Å²) in [5, 5.41) is 1.56. The average molecular weight is 678 g/mol. The summed E-state index contributed by atoms with van der Waals surface area (Å²) < 4.78 is 15.8. The maximum atomic E-state index is 14.3. The predicted molar refractivity (Wildman–Crippen MR) is 192 cm³/mol. The van der Waals surface area contributed by atoms with Crippen LogP contribution in [0.25, 0.3) is 52.2 Å². The molecule has 48 heavy (non-hydrogen) atoms. The van der Waals surface area contributed by atoms with Gasteiger partial charge in [0.15, 0.2) is 0 Å². The standard InChI is InChI=1S/C35H31N7O4S2/c1-20-3-7-22(8-4-20)41-32(43)28-26(36-34(41)39-11-15-45-16-12-39)24-19-25-27-29(48-31(25)38-30(24)47-28)33(44)42(23-9-5-21(2)6-10-23)35(37-27)40-13-17-46-18-14-40/h3-10,19H,11-18H2,1-2H3. The second-order valence-corrected chi connectivity index (χ2v) is 14.2. The molecule has 11 nitrogen and oxygen atoms in total. The van der Waals surface area contributed by atoms with E-state index in [-0.39, 0.29) is 11.1 Å². The highest BCUT2D eigenvalue weighted by molar-refractivity contribution is 7.27. The third-order valence-electron chi connectivity index (χ3n) is 9.08. The van der Waals surface area contributed by atoms with Crippen LogP contribution in [0.15, 0.2) is 64.2 Å². The largest absolute Gasteiger partial charge is 0.378 e. The molecule has 0 saturated carbocycles. The van der Waals surface area contributed by atoms with Gasteiger partial charge in [0.1, 0.15) is 30.1 Å². The van der Waals surface area contributed by atoms with Crippen LogP contribution in [0.1, 0.15) is 11.1 Å². The molecule has 2 saturated heterocycles. The van der Waals surface area contributed by atoms with E-state index < -0.39 is 0 Å². The van der Waals surface area contributed by atoms with Gasteiger partial charge in [-0.3, -0.25) is 9.59 Å². The van der Waals surface area contributed by atoms with Crippen molar-refractivity contribution in [1.82, 2.24) is 24.1 Å². The SMILES string of the molecule is Cc1ccc(-n2c(N3CCOCC3)nc3c(sc4nc5sc6c(=O)n(-c7ccc(C)cc7)c(N7CCOCC7)nc6c5cc43)c2=O)cc1. The molecule has 9 rings (SSSR count). The summed E-state index contributed by atoms with van der Waals surface area (Å²) in [4.78, 5) is 49.7. The molecule has 0 radical (unpaired) electrons. The van der Waals surface area contributed by atoms with Crippen molar-refractivity contribution >= 4 is 75.4 Å². The van der Waals surface area contributed by atoms with Gasteiger partial charge in [0, 0.05) is 37.0 Å². The van der Waals surface area contributed by atoms with E-state index in [2.05, 4.69) is 9.80 Å². The van der Waals surface area contributed by atoms with Gasteiger partial charge in [-0.25, -0.2) is 24.1 Å². The van der Waals surface area contributed by atoms with Gasteiger partial charge in [-0.1, -0.05) is 35.4 Å². The lowest BCUT2D eigenvalue weighted by Gasteiger charge is -2.29. The quantitative estimate of drug-likeness (QED) is 0.249. The van der Waals surface area contributed by atoms with Crippen molar-refractivity contribution in [3.05, 3.63) is 86.4 Å². The first kappa shape index (κ1) is 29.4. The number of hydrogen-bond donors (Lipinski definition) is 0. The van der Waals surface area contributed by atoms with Gasteiger partial charge in [-0.05, 0) is 44.2 Å². The number of rotatable bonds is 4. The molecule has 0 aliphatic carbocycles. The average Bonchev–Trinajstić information content (AvgIpc) is 3.67. The predicted octanol–water partition coefficient (Wildman–Crippen LogP) is 5.20. The second kappa shape index (κ2) is 11.5. The van der Waals surface area contributed by atoms with E-state index in [0.29, 0.717) is 94.6 Å². The molecule has 0 atom stereocenters. The molecule has 7 heterocycles. The van der Waals surface area contributed by atoms with Gasteiger partial charge >= 0.3 is 0 Å². The summed E-state index contributed by atoms with van der Waals surface area (Å²) in [6.07, 6.45) is 0. The van der Waals surface area contributed by atoms with Crippen LogP contribution in [0.5, 0.6) is 0 Å². The summed E-state index contributed by atoms with van der Waals surface area (Å²) in [7, 11) is 0. The van der Waals surface area contributed by atoms with Crippen molar-refractivity contribution in [2.24, 2.45) is 0 Å². The van der Waals surface area contributed by atoms with Crippen molar-refractivity contribution in [2.75, 3.05) is 62.4 Å². The zero-order chi connectivity index (χ0) is 32.5. The van der Waals surface area contributed by atoms with Gasteiger partial charge in [-0.2, -0.15) is 0 Å². The highest BCUT2D eigenvalue weighted by Gasteiger charge is 2.26. The third-order valence-corrected chi connectivity index (χ3v) is 11.2. The lowest BCUT2D eigenvalue weighted by atomic mass is 10.2. The van der Waals surface area contributed by atoms with E-state index in [4.69, 9.17) is 24.4 Å². The number of ether oxygens (including phenoxy) is 2. The molecule has 2 aliphatic rings. The van der Waals surface area contributed by atoms with Crippen molar-refractivity contribution in [3.8, 4) is 11.4 Å². The monoisotopic (exact) mass is 677 g/mol. The molecule has 0 N–H and O–H groups in total. The van der Waals surface area contributed by atoms with Crippen molar-refractivity contribution < 1.29 is 9.47 Å². The van der Waals surface area contributed by atoms with Gasteiger partial charge in [-0.15, -0.1) is 22.7 Å². The Morgan fingerprint density at radius 1 is 0.583 bits per heavy atom. The molecule has 2 aromatic carbocycles. The minimum atomic E-state index is -0.129. The number of anilines is 2. The zero-order valence-electron chi connectivity index (χ0n) is 26.4. The Bertz CT molecular complexity index is 2320. The summed E-state index contributed by atoms with van der Waals surface area (Å²) in [5.41, 5.74) is 4.73. The minimum Gasteiger partial charge on any atom is -0.378 e. The lowest BCUT2D eigenvalue weighted by molar-refractivity contribution is 0.121. The van der Waals surface area contributed by atoms with Crippen molar-refractivity contribution in [3.63, 3.8) is 0 Å². The molecule has 0 spiro atoms. The number of thiophene rings is 2. The van der Waals surface area contributed by atoms with E-state index in [0.717, 1.165) is 33.3 Å². The first-order chi connectivity index (χ1) is 23.4. The molecule has 13 heteroatoms. The molecule has 5 aromatic heterocycles. The summed E-state index contributed by atoms with van der Waals surface area (Å²) in [5.74, 6) is 1.17. The molecular weight excluding hydrogens is 647 g/mol. The van der Waals surface area contributed by atoms with Crippen molar-refractivity contribution in [2.45, 2.75) is 13.8 Å². The molecular formula is C35H31N7O4S2. The highest BCUT2D eigenvalue weighted by atomic mass is 32.1. The summed E-state index contributed by atoms with van der Waals surface area (Å²) in [6, 6.07) is 17.9. The fraction of sp³-hybridized carbons (Fsp3) is 0.286. The van der Waals surface area contributed by atoms with Crippen LogP contribution in [0.2, 0.25) is 0 Å². The number of morpholine rings is 2. The number of pyridine rings is 1. The van der Waals surface area contributed by atoms with E-state index in [1.165, 1.54) is 22.7 Å². The Morgan fingerprint density at radius 2 is 0.979 bits per heavy atom. The first-order valence-electron chi connectivity index (χ1n) is 16.0. The Kier molecular flexibility index (Phi) is 7.04. The molecule has 242 valence electrons. The molecule has 0 bridgehead atoms. The first-order valence-corrected chi connectivity index (χ1v) is 17.6. The lowest BCUT2D eigenvalue weighted by Crippen LogP contribution is -2.40. The molecule has 7 aromatic rings. The Balaban J connectivity index is 1.30. The molecule has 0 amide bonds. The molecule has 0 unspecified atom stereocenters. The van der Waals surface area contributed by atoms with Crippen LogP contribution >= 0.6 is 22.7 Å². The summed E-state index contributed by atoms with van der Waals surface area (Å²) in [6.45, 7) is 8.82. The fourth-order valence-corrected chi connectivity index (χ4v) is 8.62. The highest BCUT2D eigenvalue weighted by Crippen LogP contribution is 2.38. The second-order valence-electron chi connectivity index (χ2n) is 12.2. The summed E-state index contributed by atoms with van der Waals surface area (Å²) >= 11 is 2.68. The number of nitrogens with zero attached hydrogens (tertiary/aromatic N) is 7. The van der Waals surface area contributed by atoms with Crippen LogP contribution in [0.3, 0.4) is 0 Å². The number of aryl methyl sites for hydroxylation is 2.